The van der Waals surface area contributed by atoms with Crippen molar-refractivity contribution in [1.82, 2.24) is 9.80 Å². The molecule has 1 aliphatic heterocycles. The van der Waals surface area contributed by atoms with Crippen molar-refractivity contribution in [3.8, 4) is 23.3 Å². The molecule has 12 heteroatoms. The molecular formula is C29H26N6O6. The van der Waals surface area contributed by atoms with Crippen molar-refractivity contribution < 1.29 is 28.9 Å². The molecular weight excluding hydrogens is 528 g/mol. The predicted octanol–water partition coefficient (Wildman–Crippen LogP) is 4.09. The number of oxime groups is 2. The molecule has 2 aromatic carbocycles. The number of fused-ring (bicyclic) bond motifs is 3. The van der Waals surface area contributed by atoms with Gasteiger partial charge in [-0.1, -0.05) is 34.6 Å². The molecule has 4 rings (SSSR count). The molecule has 1 aliphatic carbocycles. The van der Waals surface area contributed by atoms with Crippen LogP contribution in [0.4, 0.5) is 9.59 Å². The van der Waals surface area contributed by atoms with Crippen LogP contribution >= 0.6 is 0 Å². The van der Waals surface area contributed by atoms with Crippen LogP contribution in [0.1, 0.15) is 58.5 Å². The molecule has 0 aromatic heterocycles. The largest absolute Gasteiger partial charge is 0.436 e. The van der Waals surface area contributed by atoms with E-state index in [1.165, 1.54) is 9.80 Å². The summed E-state index contributed by atoms with van der Waals surface area (Å²) in [5.74, 6) is -1.46. The van der Waals surface area contributed by atoms with Crippen molar-refractivity contribution in [1.29, 1.82) is 10.5 Å². The van der Waals surface area contributed by atoms with Crippen molar-refractivity contribution in [2.24, 2.45) is 10.3 Å². The minimum Gasteiger partial charge on any atom is -0.307 e. The number of likely N-dealkylation sites (tertiary alicyclic amines) is 1. The van der Waals surface area contributed by atoms with E-state index < -0.39 is 35.2 Å². The summed E-state index contributed by atoms with van der Waals surface area (Å²) in [7, 11) is 0. The van der Waals surface area contributed by atoms with Gasteiger partial charge in [0.05, 0.1) is 0 Å². The lowest BCUT2D eigenvalue weighted by atomic mass is 9.97. The van der Waals surface area contributed by atoms with Gasteiger partial charge >= 0.3 is 12.2 Å². The third kappa shape index (κ3) is 6.12. The summed E-state index contributed by atoms with van der Waals surface area (Å²) in [6.45, 7) is 5.32. The van der Waals surface area contributed by atoms with E-state index in [1.807, 2.05) is 0 Å². The van der Waals surface area contributed by atoms with Crippen molar-refractivity contribution in [2.75, 3.05) is 26.2 Å². The van der Waals surface area contributed by atoms with Gasteiger partial charge in [-0.2, -0.15) is 10.5 Å². The van der Waals surface area contributed by atoms with Gasteiger partial charge in [0.25, 0.3) is 0 Å². The summed E-state index contributed by atoms with van der Waals surface area (Å²) < 4.78 is 0. The van der Waals surface area contributed by atoms with E-state index in [0.29, 0.717) is 43.7 Å². The topological polar surface area (TPSA) is 166 Å². The van der Waals surface area contributed by atoms with Crippen LogP contribution in [0.15, 0.2) is 46.7 Å². The van der Waals surface area contributed by atoms with Gasteiger partial charge in [-0.25, -0.2) is 9.59 Å². The molecule has 0 N–H and O–H groups in total. The fourth-order valence-electron chi connectivity index (χ4n) is 4.62. The van der Waals surface area contributed by atoms with Gasteiger partial charge in [-0.3, -0.25) is 19.3 Å². The van der Waals surface area contributed by atoms with Crippen LogP contribution in [0.2, 0.25) is 0 Å². The second-order valence-electron chi connectivity index (χ2n) is 9.26. The molecule has 2 aromatic rings. The summed E-state index contributed by atoms with van der Waals surface area (Å²) >= 11 is 0. The van der Waals surface area contributed by atoms with Gasteiger partial charge in [0.2, 0.25) is 23.0 Å². The Morgan fingerprint density at radius 1 is 0.829 bits per heavy atom. The van der Waals surface area contributed by atoms with E-state index in [0.717, 1.165) is 24.0 Å². The Labute approximate surface area is 236 Å². The van der Waals surface area contributed by atoms with Gasteiger partial charge in [0.1, 0.15) is 12.1 Å². The van der Waals surface area contributed by atoms with E-state index in [1.54, 1.807) is 62.4 Å². The van der Waals surface area contributed by atoms with Gasteiger partial charge in [-0.15, -0.1) is 0 Å². The van der Waals surface area contributed by atoms with E-state index >= 15 is 0 Å². The van der Waals surface area contributed by atoms with Crippen LogP contribution in [0.25, 0.3) is 11.1 Å². The van der Waals surface area contributed by atoms with Crippen molar-refractivity contribution >= 4 is 35.2 Å². The monoisotopic (exact) mass is 554 g/mol. The Morgan fingerprint density at radius 3 is 1.78 bits per heavy atom. The molecule has 2 aliphatic rings. The number of amides is 2. The van der Waals surface area contributed by atoms with Crippen LogP contribution in [0, 0.1) is 22.7 Å². The SMILES string of the molecule is CCN(CC)C(=O)O/N=C(\C#N)C(=O)c1ccc2c(c1)-c1cc(C(=O)/C(C#N)=N/OC(=O)N3CCCC3)ccc1C2. The number of hydrogen-bond donors (Lipinski definition) is 0. The number of carbonyl (C=O) groups excluding carboxylic acids is 4. The Kier molecular flexibility index (Phi) is 8.85. The number of ketones is 2. The number of Topliss-reactive ketones (excluding diaryl/α,β-unsaturated/α-hetero) is 2. The molecule has 0 bridgehead atoms. The Bertz CT molecular complexity index is 1450. The standard InChI is InChI=1S/C29H26N6O6/c1-3-34(4-2)28(38)40-32-24(16-30)26(36)20-9-7-18-13-19-8-10-21(15-23(19)22(18)14-20)27(37)25(17-31)33-41-29(39)35-11-5-6-12-35/h7-10,14-15H,3-6,11-13H2,1-2H3/b32-24+,33-25+. The number of carbonyl (C=O) groups is 4. The molecule has 0 atom stereocenters. The summed E-state index contributed by atoms with van der Waals surface area (Å²) in [6.07, 6.45) is 0.747. The quantitative estimate of drug-likeness (QED) is 0.174. The first kappa shape index (κ1) is 28.6. The van der Waals surface area contributed by atoms with E-state index in [-0.39, 0.29) is 11.1 Å². The van der Waals surface area contributed by atoms with Crippen LogP contribution in [-0.4, -0.2) is 71.2 Å². The average Bonchev–Trinajstić information content (AvgIpc) is 3.66. The van der Waals surface area contributed by atoms with Crippen LogP contribution < -0.4 is 0 Å². The Morgan fingerprint density at radius 2 is 1.32 bits per heavy atom. The van der Waals surface area contributed by atoms with E-state index in [2.05, 4.69) is 10.3 Å². The summed E-state index contributed by atoms with van der Waals surface area (Å²) in [4.78, 5) is 62.6. The molecule has 1 saturated heterocycles. The fourth-order valence-corrected chi connectivity index (χ4v) is 4.62. The number of hydrogen-bond acceptors (Lipinski definition) is 10. The first-order valence-corrected chi connectivity index (χ1v) is 13.0. The van der Waals surface area contributed by atoms with Gasteiger partial charge in [-0.05, 0) is 67.5 Å². The lowest BCUT2D eigenvalue weighted by Gasteiger charge is -2.15. The highest BCUT2D eigenvalue weighted by atomic mass is 16.7. The molecule has 0 radical (unpaired) electrons. The minimum atomic E-state index is -0.776. The highest BCUT2D eigenvalue weighted by Crippen LogP contribution is 2.38. The maximum absolute atomic E-state index is 13.0. The van der Waals surface area contributed by atoms with Crippen molar-refractivity contribution in [3.63, 3.8) is 0 Å². The number of nitrogens with zero attached hydrogens (tertiary/aromatic N) is 6. The second-order valence-corrected chi connectivity index (χ2v) is 9.26. The van der Waals surface area contributed by atoms with Gasteiger partial charge in [0.15, 0.2) is 0 Å². The summed E-state index contributed by atoms with van der Waals surface area (Å²) in [5, 5.41) is 25.9. The molecule has 0 saturated carbocycles. The molecule has 1 heterocycles. The third-order valence-corrected chi connectivity index (χ3v) is 6.87. The average molecular weight is 555 g/mol. The molecule has 0 spiro atoms. The number of rotatable bonds is 8. The summed E-state index contributed by atoms with van der Waals surface area (Å²) in [5.41, 5.74) is 2.22. The lowest BCUT2D eigenvalue weighted by molar-refractivity contribution is 0.102. The smallest absolute Gasteiger partial charge is 0.307 e. The van der Waals surface area contributed by atoms with Gasteiger partial charge in [0, 0.05) is 37.3 Å². The normalized spacial score (nSPS) is 13.9. The molecule has 2 amide bonds. The van der Waals surface area contributed by atoms with Crippen LogP contribution in [-0.2, 0) is 16.1 Å². The Balaban J connectivity index is 1.56. The zero-order valence-corrected chi connectivity index (χ0v) is 22.5. The zero-order chi connectivity index (χ0) is 29.5. The lowest BCUT2D eigenvalue weighted by Crippen LogP contribution is -2.30. The third-order valence-electron chi connectivity index (χ3n) is 6.87. The van der Waals surface area contributed by atoms with Crippen molar-refractivity contribution in [2.45, 2.75) is 33.1 Å². The van der Waals surface area contributed by atoms with Crippen LogP contribution in [0.3, 0.4) is 0 Å². The highest BCUT2D eigenvalue weighted by molar-refractivity contribution is 6.52. The summed E-state index contributed by atoms with van der Waals surface area (Å²) in [6, 6.07) is 13.1. The molecule has 1 fully saturated rings. The number of benzene rings is 2. The zero-order valence-electron chi connectivity index (χ0n) is 22.5. The maximum atomic E-state index is 13.0. The predicted molar refractivity (Wildman–Crippen MR) is 146 cm³/mol. The molecule has 41 heavy (non-hydrogen) atoms. The van der Waals surface area contributed by atoms with Crippen LogP contribution in [0.5, 0.6) is 0 Å². The minimum absolute atomic E-state index is 0.139. The first-order valence-electron chi connectivity index (χ1n) is 13.0. The first-order chi connectivity index (χ1) is 19.8. The van der Waals surface area contributed by atoms with Gasteiger partial charge < -0.3 is 9.80 Å². The van der Waals surface area contributed by atoms with Crippen molar-refractivity contribution in [3.05, 3.63) is 58.7 Å². The number of nitriles is 2. The molecule has 208 valence electrons. The maximum Gasteiger partial charge on any atom is 0.436 e. The molecule has 12 nitrogen and oxygen atoms in total. The second kappa shape index (κ2) is 12.7. The fraction of sp³-hybridized carbons (Fsp3) is 0.310. The van der Waals surface area contributed by atoms with E-state index in [4.69, 9.17) is 9.68 Å². The molecule has 0 unspecified atom stereocenters. The highest BCUT2D eigenvalue weighted by Gasteiger charge is 2.26. The van der Waals surface area contributed by atoms with E-state index in [9.17, 15) is 29.7 Å². The Hall–Kier alpha value is -5.36.